The summed E-state index contributed by atoms with van der Waals surface area (Å²) in [7, 11) is 0. The molecule has 0 radical (unpaired) electrons. The summed E-state index contributed by atoms with van der Waals surface area (Å²) < 4.78 is 17.7. The van der Waals surface area contributed by atoms with Gasteiger partial charge in [-0.3, -0.25) is 0 Å². The molecule has 0 aliphatic carbocycles. The second kappa shape index (κ2) is 17.9. The topological polar surface area (TPSA) is 41.3 Å². The fourth-order valence-corrected chi connectivity index (χ4v) is 13.2. The zero-order valence-electron chi connectivity index (χ0n) is 46.1. The van der Waals surface area contributed by atoms with Gasteiger partial charge in [-0.1, -0.05) is 57.2 Å². The van der Waals surface area contributed by atoms with Gasteiger partial charge >= 0.3 is 346 Å². The van der Waals surface area contributed by atoms with Crippen LogP contribution in [0.25, 0.3) is 110 Å². The Morgan fingerprint density at radius 3 is 1.67 bits per heavy atom. The van der Waals surface area contributed by atoms with Crippen molar-refractivity contribution in [1.29, 1.82) is 0 Å². The van der Waals surface area contributed by atoms with Crippen molar-refractivity contribution in [2.45, 2.75) is 78.6 Å². The Balaban J connectivity index is 0.934. The summed E-state index contributed by atoms with van der Waals surface area (Å²) in [5.41, 5.74) is 18.6. The number of nitrogens with zero attached hydrogens (tertiary/aromatic N) is 5. The average molecular weight is 1210 g/mol. The third-order valence-electron chi connectivity index (χ3n) is 16.3. The van der Waals surface area contributed by atoms with Gasteiger partial charge in [0.25, 0.3) is 0 Å². The number of hydrogen-bond donors (Lipinski definition) is 0. The molecule has 14 rings (SSSR count). The molecule has 9 aromatic carbocycles. The molecule has 0 saturated heterocycles. The molecule has 79 heavy (non-hydrogen) atoms. The molecule has 0 saturated carbocycles. The Morgan fingerprint density at radius 2 is 0.949 bits per heavy atom. The Bertz CT molecular complexity index is 4800. The molecule has 390 valence electrons. The third kappa shape index (κ3) is 7.93. The first-order valence-corrected chi connectivity index (χ1v) is 28.6. The summed E-state index contributed by atoms with van der Waals surface area (Å²) in [5.74, 6) is 2.36. The van der Waals surface area contributed by atoms with E-state index in [-0.39, 0.29) is 16.2 Å². The minimum absolute atomic E-state index is 0.0441. The first-order valence-electron chi connectivity index (χ1n) is 27.4. The molecule has 5 heterocycles. The molecule has 0 fully saturated rings. The Hall–Kier alpha value is -8.31. The van der Waals surface area contributed by atoms with E-state index in [0.717, 1.165) is 71.1 Å². The zero-order chi connectivity index (χ0) is 54.3. The molecule has 0 N–H and O–H groups in total. The Morgan fingerprint density at radius 1 is 0.380 bits per heavy atom. The number of rotatable bonds is 7. The maximum absolute atomic E-state index is 7.03. The van der Waals surface area contributed by atoms with Crippen LogP contribution in [0.3, 0.4) is 0 Å². The van der Waals surface area contributed by atoms with Crippen molar-refractivity contribution in [3.63, 3.8) is 0 Å². The van der Waals surface area contributed by atoms with E-state index in [0.29, 0.717) is 0 Å². The summed E-state index contributed by atoms with van der Waals surface area (Å²) in [6, 6.07) is 73.4. The Labute approximate surface area is 471 Å². The molecular formula is C72H61N5OPt. The van der Waals surface area contributed by atoms with Crippen LogP contribution in [0, 0.1) is 3.80 Å². The minimum atomic E-state index is -0.0712. The van der Waals surface area contributed by atoms with E-state index >= 15 is 0 Å². The van der Waals surface area contributed by atoms with Gasteiger partial charge in [-0.15, -0.1) is 0 Å². The molecule has 0 amide bonds. The summed E-state index contributed by atoms with van der Waals surface area (Å²) in [4.78, 5) is 5.10. The van der Waals surface area contributed by atoms with E-state index in [4.69, 9.17) is 9.72 Å². The van der Waals surface area contributed by atoms with E-state index in [2.05, 4.69) is 300 Å². The van der Waals surface area contributed by atoms with E-state index in [1.165, 1.54) is 71.3 Å². The van der Waals surface area contributed by atoms with Crippen molar-refractivity contribution in [2.75, 3.05) is 0 Å². The van der Waals surface area contributed by atoms with Gasteiger partial charge in [0.15, 0.2) is 0 Å². The van der Waals surface area contributed by atoms with Crippen molar-refractivity contribution >= 4 is 70.9 Å². The quantitative estimate of drug-likeness (QED) is 0.160. The Kier molecular flexibility index (Phi) is 11.1. The molecule has 0 bridgehead atoms. The predicted octanol–water partition coefficient (Wildman–Crippen LogP) is 19.2. The van der Waals surface area contributed by atoms with Crippen molar-refractivity contribution in [2.24, 2.45) is 0 Å². The normalized spacial score (nSPS) is 12.7. The van der Waals surface area contributed by atoms with Gasteiger partial charge in [0.05, 0.1) is 16.6 Å². The molecule has 6 nitrogen and oxygen atoms in total. The monoisotopic (exact) mass is 1210 g/mol. The van der Waals surface area contributed by atoms with Crippen LogP contribution in [-0.4, -0.2) is 23.1 Å². The van der Waals surface area contributed by atoms with Gasteiger partial charge in [0.1, 0.15) is 0 Å². The summed E-state index contributed by atoms with van der Waals surface area (Å²) in [6.07, 6.45) is 1.95. The first-order chi connectivity index (χ1) is 38.0. The number of para-hydroxylation sites is 5. The molecular weight excluding hydrogens is 1150 g/mol. The summed E-state index contributed by atoms with van der Waals surface area (Å²) in [5, 5.41) is 7.36. The van der Waals surface area contributed by atoms with Crippen LogP contribution >= 0.6 is 0 Å². The first kappa shape index (κ1) is 49.0. The average Bonchev–Trinajstić information content (AvgIpc) is 4.34. The number of hydrogen-bond acceptors (Lipinski definition) is 2. The van der Waals surface area contributed by atoms with E-state index in [9.17, 15) is 0 Å². The van der Waals surface area contributed by atoms with Crippen LogP contribution in [0.2, 0.25) is 0 Å². The van der Waals surface area contributed by atoms with Crippen LogP contribution in [0.15, 0.2) is 206 Å². The van der Waals surface area contributed by atoms with Gasteiger partial charge in [-0.25, -0.2) is 0 Å². The van der Waals surface area contributed by atoms with Gasteiger partial charge < -0.3 is 4.40 Å². The zero-order valence-corrected chi connectivity index (χ0v) is 48.4. The number of benzene rings is 9. The molecule has 7 heteroatoms. The van der Waals surface area contributed by atoms with Gasteiger partial charge in [0.2, 0.25) is 0 Å². The number of pyridine rings is 1. The standard InChI is InChI=1S/C72H61N5O.Pt/c1-70(2,3)47-34-35-73-67(39-47)76-64-41-52(32-33-56(64)59-42-60-58-28-19-27-57-55-24-13-14-29-61(55)77(69(57)58)66(60)43-65(59)76)78-51-23-17-22-50(40-51)74-44-75(63-31-16-15-30-62(63)74)68-53(45-20-11-10-12-21-45)25-18-26-54(68)46-36-48(71(4,5)6)38-49(37-46)72(7,8)9;/h10-43H,1-9H3;. The fraction of sp³-hybridized carbons (Fsp3) is 0.167. The summed E-state index contributed by atoms with van der Waals surface area (Å²) >= 11 is 2.55. The molecule has 0 atom stereocenters. The van der Waals surface area contributed by atoms with Crippen LogP contribution in [0.1, 0.15) is 79.0 Å². The molecule has 5 aromatic heterocycles. The second-order valence-electron chi connectivity index (χ2n) is 24.5. The molecule has 14 aromatic rings. The van der Waals surface area contributed by atoms with Gasteiger partial charge in [-0.2, -0.15) is 0 Å². The van der Waals surface area contributed by atoms with Crippen molar-refractivity contribution in [3.8, 4) is 50.9 Å². The van der Waals surface area contributed by atoms with E-state index < -0.39 is 0 Å². The van der Waals surface area contributed by atoms with Gasteiger partial charge in [-0.05, 0) is 23.1 Å². The summed E-state index contributed by atoms with van der Waals surface area (Å²) in [6.45, 7) is 20.7. The second-order valence-corrected chi connectivity index (χ2v) is 25.5. The van der Waals surface area contributed by atoms with E-state index in [1.807, 2.05) is 6.20 Å². The van der Waals surface area contributed by atoms with Crippen molar-refractivity contribution < 1.29 is 24.1 Å². The number of fused-ring (bicyclic) bond motifs is 10. The van der Waals surface area contributed by atoms with Gasteiger partial charge in [0, 0.05) is 27.7 Å². The van der Waals surface area contributed by atoms with Crippen LogP contribution in [0.5, 0.6) is 11.5 Å². The van der Waals surface area contributed by atoms with E-state index in [1.54, 1.807) is 0 Å². The van der Waals surface area contributed by atoms with Crippen molar-refractivity contribution in [1.82, 2.24) is 23.1 Å². The number of aromatic nitrogens is 5. The SMILES string of the molecule is CC(C)(C)c1cc(-c2cccc(-c3ccccc3)c2-n2[c](=[Pt])n(-c3cccc(Oc4ccc5c6cc7c8cccc9c%10ccccc%10n(c7cc6n(-c6cc(C(C)(C)C)ccn6)c5c4)c98)c3)c3ccccc32)cc(C(C)(C)C)c1. The van der Waals surface area contributed by atoms with Crippen molar-refractivity contribution in [3.05, 3.63) is 227 Å². The number of imidazole rings is 1. The predicted molar refractivity (Wildman–Crippen MR) is 326 cm³/mol. The van der Waals surface area contributed by atoms with Crippen LogP contribution in [-0.2, 0) is 35.6 Å². The third-order valence-corrected chi connectivity index (χ3v) is 17.3. The van der Waals surface area contributed by atoms with Crippen LogP contribution in [0.4, 0.5) is 0 Å². The fourth-order valence-electron chi connectivity index (χ4n) is 12.1. The number of ether oxygens (including phenoxy) is 1. The molecule has 0 aliphatic heterocycles. The van der Waals surface area contributed by atoms with Crippen LogP contribution < -0.4 is 4.74 Å². The molecule has 0 aliphatic rings. The molecule has 0 unspecified atom stereocenters. The molecule has 0 spiro atoms. The maximum atomic E-state index is 7.03.